The Hall–Kier alpha value is -2.09. The van der Waals surface area contributed by atoms with Crippen molar-refractivity contribution < 1.29 is 37.3 Å². The number of aliphatic hydroxyl groups is 1. The maximum Gasteiger partial charge on any atom is 0.467 e. The van der Waals surface area contributed by atoms with Gasteiger partial charge in [0.15, 0.2) is 6.29 Å². The van der Waals surface area contributed by atoms with Crippen LogP contribution in [0.15, 0.2) is 24.3 Å². The van der Waals surface area contributed by atoms with Gasteiger partial charge in [0.1, 0.15) is 5.75 Å². The summed E-state index contributed by atoms with van der Waals surface area (Å²) in [6.07, 6.45) is -5.21. The number of esters is 1. The number of rotatable bonds is 4. The highest BCUT2D eigenvalue weighted by atomic mass is 19.4. The maximum absolute atomic E-state index is 12.7. The van der Waals surface area contributed by atoms with Crippen molar-refractivity contribution in [3.63, 3.8) is 0 Å². The molecule has 0 heterocycles. The second kappa shape index (κ2) is 5.27. The third-order valence-corrected chi connectivity index (χ3v) is 2.15. The van der Waals surface area contributed by atoms with Gasteiger partial charge in [-0.3, -0.25) is 4.79 Å². The number of hydrogen-bond acceptors (Lipinski definition) is 5. The quantitative estimate of drug-likeness (QED) is 0.510. The Labute approximate surface area is 105 Å². The van der Waals surface area contributed by atoms with Crippen molar-refractivity contribution in [3.05, 3.63) is 29.8 Å². The number of hydrogen-bond donors (Lipinski definition) is 1. The van der Waals surface area contributed by atoms with Crippen molar-refractivity contribution in [2.45, 2.75) is 12.0 Å². The zero-order valence-corrected chi connectivity index (χ0v) is 9.60. The van der Waals surface area contributed by atoms with Crippen LogP contribution in [0, 0.1) is 0 Å². The molecule has 0 aromatic heterocycles. The van der Waals surface area contributed by atoms with Gasteiger partial charge in [-0.2, -0.15) is 13.2 Å². The van der Waals surface area contributed by atoms with Crippen LogP contribution in [-0.2, 0) is 9.53 Å². The molecule has 0 bridgehead atoms. The van der Waals surface area contributed by atoms with Gasteiger partial charge >= 0.3 is 17.9 Å². The van der Waals surface area contributed by atoms with E-state index in [1.54, 1.807) is 0 Å². The van der Waals surface area contributed by atoms with E-state index in [9.17, 15) is 27.9 Å². The standard InChI is InChI=1S/C11H9F3O5/c1-18-9(16)10(17,11(12,13)14)19-8-5-3-2-4-7(8)6-15/h2-6,17H,1H3. The van der Waals surface area contributed by atoms with Crippen molar-refractivity contribution >= 4 is 12.3 Å². The Balaban J connectivity index is 3.23. The van der Waals surface area contributed by atoms with Crippen molar-refractivity contribution in [1.29, 1.82) is 0 Å². The molecule has 1 N–H and O–H groups in total. The van der Waals surface area contributed by atoms with E-state index < -0.39 is 23.7 Å². The van der Waals surface area contributed by atoms with Crippen LogP contribution in [-0.4, -0.2) is 36.4 Å². The first-order valence-electron chi connectivity index (χ1n) is 4.87. The molecule has 0 spiro atoms. The predicted octanol–water partition coefficient (Wildman–Crippen LogP) is 1.30. The molecule has 0 aliphatic heterocycles. The number of benzene rings is 1. The Bertz CT molecular complexity index is 485. The molecule has 19 heavy (non-hydrogen) atoms. The molecule has 1 aromatic rings. The van der Waals surface area contributed by atoms with Crippen LogP contribution in [0.3, 0.4) is 0 Å². The van der Waals surface area contributed by atoms with Gasteiger partial charge in [0, 0.05) is 0 Å². The fourth-order valence-electron chi connectivity index (χ4n) is 1.18. The van der Waals surface area contributed by atoms with Crippen LogP contribution < -0.4 is 4.74 Å². The van der Waals surface area contributed by atoms with Gasteiger partial charge in [-0.05, 0) is 12.1 Å². The number of carbonyl (C=O) groups excluding carboxylic acids is 2. The monoisotopic (exact) mass is 278 g/mol. The lowest BCUT2D eigenvalue weighted by atomic mass is 10.2. The first kappa shape index (κ1) is 15.0. The number of ether oxygens (including phenoxy) is 2. The average molecular weight is 278 g/mol. The van der Waals surface area contributed by atoms with Gasteiger partial charge in [0.2, 0.25) is 0 Å². The Morgan fingerprint density at radius 3 is 2.37 bits per heavy atom. The second-order valence-corrected chi connectivity index (χ2v) is 3.39. The van der Waals surface area contributed by atoms with Crippen LogP contribution in [0.1, 0.15) is 10.4 Å². The highest BCUT2D eigenvalue weighted by molar-refractivity contribution is 5.81. The van der Waals surface area contributed by atoms with E-state index in [1.165, 1.54) is 12.1 Å². The number of aldehydes is 1. The minimum Gasteiger partial charge on any atom is -0.464 e. The van der Waals surface area contributed by atoms with Crippen molar-refractivity contribution in [2.24, 2.45) is 0 Å². The molecular weight excluding hydrogens is 269 g/mol. The zero-order chi connectivity index (χ0) is 14.7. The first-order valence-corrected chi connectivity index (χ1v) is 4.87. The van der Waals surface area contributed by atoms with Crippen molar-refractivity contribution in [1.82, 2.24) is 0 Å². The van der Waals surface area contributed by atoms with Gasteiger partial charge in [-0.1, -0.05) is 12.1 Å². The third kappa shape index (κ3) is 2.84. The molecule has 104 valence electrons. The molecule has 0 saturated heterocycles. The first-order chi connectivity index (χ1) is 8.76. The SMILES string of the molecule is COC(=O)C(O)(Oc1ccccc1C=O)C(F)(F)F. The van der Waals surface area contributed by atoms with E-state index in [0.717, 1.165) is 12.1 Å². The minimum atomic E-state index is -5.43. The van der Waals surface area contributed by atoms with Crippen LogP contribution >= 0.6 is 0 Å². The summed E-state index contributed by atoms with van der Waals surface area (Å²) in [5, 5.41) is 9.35. The predicted molar refractivity (Wildman–Crippen MR) is 55.5 cm³/mol. The highest BCUT2D eigenvalue weighted by Gasteiger charge is 2.64. The summed E-state index contributed by atoms with van der Waals surface area (Å²) < 4.78 is 46.2. The van der Waals surface area contributed by atoms with Gasteiger partial charge < -0.3 is 14.6 Å². The van der Waals surface area contributed by atoms with Gasteiger partial charge in [-0.25, -0.2) is 4.79 Å². The molecule has 1 rings (SSSR count). The molecular formula is C11H9F3O5. The van der Waals surface area contributed by atoms with E-state index in [4.69, 9.17) is 0 Å². The van der Waals surface area contributed by atoms with Gasteiger partial charge in [0.05, 0.1) is 12.7 Å². The number of methoxy groups -OCH3 is 1. The number of para-hydroxylation sites is 1. The lowest BCUT2D eigenvalue weighted by Crippen LogP contribution is -2.57. The van der Waals surface area contributed by atoms with E-state index in [0.29, 0.717) is 7.11 Å². The number of alkyl halides is 3. The molecule has 5 nitrogen and oxygen atoms in total. The largest absolute Gasteiger partial charge is 0.467 e. The molecule has 0 saturated carbocycles. The second-order valence-electron chi connectivity index (χ2n) is 3.39. The topological polar surface area (TPSA) is 72.8 Å². The van der Waals surface area contributed by atoms with Crippen LogP contribution in [0.4, 0.5) is 13.2 Å². The summed E-state index contributed by atoms with van der Waals surface area (Å²) in [6, 6.07) is 4.82. The molecule has 1 unspecified atom stereocenters. The summed E-state index contributed by atoms with van der Waals surface area (Å²) in [5.74, 6) is -6.82. The smallest absolute Gasteiger partial charge is 0.464 e. The molecule has 0 radical (unpaired) electrons. The Morgan fingerprint density at radius 1 is 1.32 bits per heavy atom. The lowest BCUT2D eigenvalue weighted by Gasteiger charge is -2.28. The summed E-state index contributed by atoms with van der Waals surface area (Å²) in [4.78, 5) is 21.7. The van der Waals surface area contributed by atoms with Crippen molar-refractivity contribution in [2.75, 3.05) is 7.11 Å². The van der Waals surface area contributed by atoms with E-state index in [2.05, 4.69) is 9.47 Å². The number of halogens is 3. The van der Waals surface area contributed by atoms with E-state index in [-0.39, 0.29) is 11.8 Å². The minimum absolute atomic E-state index is 0.226. The zero-order valence-electron chi connectivity index (χ0n) is 9.60. The Kier molecular flexibility index (Phi) is 4.15. The fourth-order valence-corrected chi connectivity index (χ4v) is 1.18. The van der Waals surface area contributed by atoms with Crippen molar-refractivity contribution in [3.8, 4) is 5.75 Å². The molecule has 1 atom stereocenters. The summed E-state index contributed by atoms with van der Waals surface area (Å²) in [6.45, 7) is 0. The molecule has 0 aliphatic rings. The number of carbonyl (C=O) groups is 2. The van der Waals surface area contributed by atoms with E-state index in [1.807, 2.05) is 0 Å². The fraction of sp³-hybridized carbons (Fsp3) is 0.273. The average Bonchev–Trinajstić information content (AvgIpc) is 2.36. The molecule has 0 fully saturated rings. The molecule has 1 aromatic carbocycles. The van der Waals surface area contributed by atoms with Crippen LogP contribution in [0.2, 0.25) is 0 Å². The highest BCUT2D eigenvalue weighted by Crippen LogP contribution is 2.34. The maximum atomic E-state index is 12.7. The molecule has 0 amide bonds. The van der Waals surface area contributed by atoms with Crippen LogP contribution in [0.5, 0.6) is 5.75 Å². The van der Waals surface area contributed by atoms with Gasteiger partial charge in [0.25, 0.3) is 0 Å². The molecule has 0 aliphatic carbocycles. The summed E-state index contributed by atoms with van der Waals surface area (Å²) in [5.41, 5.74) is -0.255. The Morgan fingerprint density at radius 2 is 1.89 bits per heavy atom. The summed E-state index contributed by atoms with van der Waals surface area (Å²) in [7, 11) is 0.661. The third-order valence-electron chi connectivity index (χ3n) is 2.15. The normalized spacial score (nSPS) is 14.4. The van der Waals surface area contributed by atoms with Crippen LogP contribution in [0.25, 0.3) is 0 Å². The van der Waals surface area contributed by atoms with E-state index >= 15 is 0 Å². The lowest BCUT2D eigenvalue weighted by molar-refractivity contribution is -0.325. The summed E-state index contributed by atoms with van der Waals surface area (Å²) >= 11 is 0. The molecule has 8 heteroatoms. The van der Waals surface area contributed by atoms with Gasteiger partial charge in [-0.15, -0.1) is 0 Å².